The van der Waals surface area contributed by atoms with E-state index in [0.29, 0.717) is 0 Å². The Morgan fingerprint density at radius 2 is 1.39 bits per heavy atom. The van der Waals surface area contributed by atoms with Crippen LogP contribution >= 0.6 is 11.3 Å². The van der Waals surface area contributed by atoms with E-state index in [2.05, 4.69) is 181 Å². The summed E-state index contributed by atoms with van der Waals surface area (Å²) < 4.78 is 9.45. The summed E-state index contributed by atoms with van der Waals surface area (Å²) in [5.74, 6) is 1.18. The van der Waals surface area contributed by atoms with Crippen molar-refractivity contribution in [2.75, 3.05) is 0 Å². The van der Waals surface area contributed by atoms with Gasteiger partial charge in [0.25, 0.3) is 0 Å². The van der Waals surface area contributed by atoms with Crippen molar-refractivity contribution in [1.29, 1.82) is 0 Å². The molecular formula is C49H35N3OS. The summed E-state index contributed by atoms with van der Waals surface area (Å²) in [6, 6.07) is 52.4. The van der Waals surface area contributed by atoms with E-state index >= 15 is 0 Å². The number of allylic oxidation sites excluding steroid dienone is 3. The highest BCUT2D eigenvalue weighted by Crippen LogP contribution is 2.43. The van der Waals surface area contributed by atoms with E-state index in [1.807, 2.05) is 11.3 Å². The summed E-state index contributed by atoms with van der Waals surface area (Å²) in [6.45, 7) is 0. The number of nitrogens with zero attached hydrogens (tertiary/aromatic N) is 1. The number of aliphatic imine (C=N–C) groups is 1. The van der Waals surface area contributed by atoms with Crippen LogP contribution in [0.2, 0.25) is 0 Å². The van der Waals surface area contributed by atoms with Crippen molar-refractivity contribution in [1.82, 2.24) is 10.6 Å². The molecule has 0 saturated heterocycles. The summed E-state index contributed by atoms with van der Waals surface area (Å²) >= 11 is 1.86. The fraction of sp³-hybridized carbons (Fsp3) is 0.0816. The van der Waals surface area contributed by atoms with E-state index < -0.39 is 0 Å². The van der Waals surface area contributed by atoms with Crippen LogP contribution < -0.4 is 10.6 Å². The molecular weight excluding hydrogens is 679 g/mol. The molecule has 2 aliphatic rings. The lowest BCUT2D eigenvalue weighted by Crippen LogP contribution is -2.47. The SMILES string of the molecule is C1=CCC(C2=NC(c3cccc(-c4ccccc4)c3)NC(c3cccc4c3ccc3c5ccc(-c6cccc7c6sc6ccccc67)cc5oc43)N2)C=C1. The van der Waals surface area contributed by atoms with Crippen molar-refractivity contribution in [3.8, 4) is 22.3 Å². The zero-order valence-corrected chi connectivity index (χ0v) is 30.2. The second kappa shape index (κ2) is 12.7. The molecule has 0 saturated carbocycles. The molecule has 9 aromatic rings. The lowest BCUT2D eigenvalue weighted by molar-refractivity contribution is 0.401. The van der Waals surface area contributed by atoms with Crippen LogP contribution in [0, 0.1) is 5.92 Å². The normalized spacial score (nSPS) is 18.5. The van der Waals surface area contributed by atoms with Gasteiger partial charge in [-0.1, -0.05) is 140 Å². The highest BCUT2D eigenvalue weighted by atomic mass is 32.1. The van der Waals surface area contributed by atoms with E-state index in [0.717, 1.165) is 50.5 Å². The van der Waals surface area contributed by atoms with Crippen LogP contribution in [-0.2, 0) is 0 Å². The Kier molecular flexibility index (Phi) is 7.35. The Morgan fingerprint density at radius 1 is 0.611 bits per heavy atom. The van der Waals surface area contributed by atoms with E-state index in [-0.39, 0.29) is 18.2 Å². The molecule has 2 aromatic heterocycles. The molecule has 0 bridgehead atoms. The molecule has 2 N–H and O–H groups in total. The maximum absolute atomic E-state index is 6.83. The molecule has 0 amide bonds. The smallest absolute Gasteiger partial charge is 0.143 e. The number of furan rings is 1. The van der Waals surface area contributed by atoms with Gasteiger partial charge in [0.2, 0.25) is 0 Å². The lowest BCUT2D eigenvalue weighted by atomic mass is 9.95. The molecule has 4 nitrogen and oxygen atoms in total. The number of hydrogen-bond acceptors (Lipinski definition) is 5. The van der Waals surface area contributed by atoms with E-state index in [4.69, 9.17) is 9.41 Å². The average Bonchev–Trinajstić information content (AvgIpc) is 3.82. The third-order valence-corrected chi connectivity index (χ3v) is 12.3. The minimum absolute atomic E-state index is 0.166. The molecule has 3 unspecified atom stereocenters. The number of thiophene rings is 1. The Bertz CT molecular complexity index is 3000. The third-order valence-electron chi connectivity index (χ3n) is 11.1. The van der Waals surface area contributed by atoms with Gasteiger partial charge in [-0.25, -0.2) is 4.99 Å². The fourth-order valence-corrected chi connectivity index (χ4v) is 9.65. The van der Waals surface area contributed by atoms with E-state index in [1.165, 1.54) is 48.0 Å². The molecule has 5 heteroatoms. The predicted molar refractivity (Wildman–Crippen MR) is 227 cm³/mol. The average molecular weight is 714 g/mol. The molecule has 7 aromatic carbocycles. The molecule has 3 atom stereocenters. The third kappa shape index (κ3) is 5.19. The maximum Gasteiger partial charge on any atom is 0.143 e. The number of amidine groups is 1. The molecule has 1 aliphatic carbocycles. The minimum Gasteiger partial charge on any atom is -0.455 e. The monoisotopic (exact) mass is 713 g/mol. The van der Waals surface area contributed by atoms with Gasteiger partial charge in [0.05, 0.1) is 0 Å². The van der Waals surface area contributed by atoms with Gasteiger partial charge in [-0.05, 0) is 75.5 Å². The van der Waals surface area contributed by atoms with Crippen molar-refractivity contribution in [3.05, 3.63) is 181 Å². The number of fused-ring (bicyclic) bond motifs is 8. The molecule has 54 heavy (non-hydrogen) atoms. The van der Waals surface area contributed by atoms with Gasteiger partial charge in [-0.3, -0.25) is 5.32 Å². The number of rotatable bonds is 5. The first-order valence-corrected chi connectivity index (χ1v) is 19.4. The van der Waals surface area contributed by atoms with Crippen molar-refractivity contribution < 1.29 is 4.42 Å². The minimum atomic E-state index is -0.219. The Labute approximate surface area is 316 Å². The van der Waals surface area contributed by atoms with Crippen LogP contribution in [0.4, 0.5) is 0 Å². The van der Waals surface area contributed by atoms with Gasteiger partial charge >= 0.3 is 0 Å². The Hall–Kier alpha value is -6.27. The van der Waals surface area contributed by atoms with Crippen molar-refractivity contribution in [2.24, 2.45) is 10.9 Å². The van der Waals surface area contributed by atoms with Gasteiger partial charge in [-0.2, -0.15) is 0 Å². The van der Waals surface area contributed by atoms with Crippen LogP contribution in [-0.4, -0.2) is 5.84 Å². The first-order valence-electron chi connectivity index (χ1n) is 18.6. The van der Waals surface area contributed by atoms with Crippen molar-refractivity contribution in [2.45, 2.75) is 18.8 Å². The summed E-state index contributed by atoms with van der Waals surface area (Å²) in [6.07, 6.45) is 9.26. The first kappa shape index (κ1) is 31.3. The first-order chi connectivity index (χ1) is 26.7. The fourth-order valence-electron chi connectivity index (χ4n) is 8.41. The Morgan fingerprint density at radius 3 is 2.31 bits per heavy atom. The topological polar surface area (TPSA) is 49.6 Å². The van der Waals surface area contributed by atoms with Crippen LogP contribution in [0.1, 0.15) is 29.9 Å². The summed E-state index contributed by atoms with van der Waals surface area (Å²) in [7, 11) is 0. The zero-order valence-electron chi connectivity index (χ0n) is 29.4. The maximum atomic E-state index is 6.83. The van der Waals surface area contributed by atoms with Crippen LogP contribution in [0.15, 0.2) is 179 Å². The predicted octanol–water partition coefficient (Wildman–Crippen LogP) is 12.9. The second-order valence-electron chi connectivity index (χ2n) is 14.3. The number of nitrogens with one attached hydrogen (secondary N) is 2. The molecule has 0 fully saturated rings. The number of benzene rings is 7. The largest absolute Gasteiger partial charge is 0.455 e. The highest BCUT2D eigenvalue weighted by Gasteiger charge is 2.29. The molecule has 0 radical (unpaired) electrons. The zero-order chi connectivity index (χ0) is 35.6. The summed E-state index contributed by atoms with van der Waals surface area (Å²) in [5.41, 5.74) is 8.90. The van der Waals surface area contributed by atoms with Crippen molar-refractivity contribution >= 4 is 70.1 Å². The van der Waals surface area contributed by atoms with Gasteiger partial charge in [0.15, 0.2) is 0 Å². The standard InChI is InChI=1S/C49H35N3OS/c1-3-12-30(13-4-1)32-16-9-17-34(28-32)48-50-47(31-14-5-2-6-15-31)51-49(52-48)42-22-11-20-39-36(42)26-27-40-37-25-24-33(29-43(37)53-45(39)40)35-19-10-21-41-38-18-7-8-23-44(38)54-46(35)41/h1-14,16-29,31,48-49,52H,15H2,(H,50,51). The number of hydrogen-bond donors (Lipinski definition) is 2. The van der Waals surface area contributed by atoms with Gasteiger partial charge in [0, 0.05) is 42.2 Å². The summed E-state index contributed by atoms with van der Waals surface area (Å²) in [5, 5.41) is 14.8. The molecule has 1 aliphatic heterocycles. The van der Waals surface area contributed by atoms with Crippen LogP contribution in [0.3, 0.4) is 0 Å². The van der Waals surface area contributed by atoms with Gasteiger partial charge < -0.3 is 9.73 Å². The van der Waals surface area contributed by atoms with Gasteiger partial charge in [0.1, 0.15) is 29.3 Å². The molecule has 11 rings (SSSR count). The second-order valence-corrected chi connectivity index (χ2v) is 15.3. The molecule has 0 spiro atoms. The molecule has 3 heterocycles. The molecule has 258 valence electrons. The van der Waals surface area contributed by atoms with Crippen LogP contribution in [0.25, 0.3) is 75.1 Å². The van der Waals surface area contributed by atoms with Crippen LogP contribution in [0.5, 0.6) is 0 Å². The van der Waals surface area contributed by atoms with E-state index in [1.54, 1.807) is 0 Å². The Balaban J connectivity index is 1.000. The van der Waals surface area contributed by atoms with E-state index in [9.17, 15) is 0 Å². The highest BCUT2D eigenvalue weighted by molar-refractivity contribution is 7.26. The summed E-state index contributed by atoms with van der Waals surface area (Å²) in [4.78, 5) is 5.30. The quantitative estimate of drug-likeness (QED) is 0.187. The van der Waals surface area contributed by atoms with Crippen molar-refractivity contribution in [3.63, 3.8) is 0 Å². The lowest BCUT2D eigenvalue weighted by Gasteiger charge is -2.35. The van der Waals surface area contributed by atoms with Gasteiger partial charge in [-0.15, -0.1) is 11.3 Å².